The van der Waals surface area contributed by atoms with E-state index in [4.69, 9.17) is 4.74 Å². The van der Waals surface area contributed by atoms with Gasteiger partial charge in [0.15, 0.2) is 0 Å². The third kappa shape index (κ3) is 3.02. The molecule has 5 nitrogen and oxygen atoms in total. The molecule has 0 N–H and O–H groups in total. The standard InChI is InChI=1S/C13H15NO4S/c1-18-13-8-7-12(15)14(13)19(16,17)10-9-11-5-3-2-4-6-11/h2-6,9-10,13H,7-8H2,1H3. The Morgan fingerprint density at radius 3 is 2.63 bits per heavy atom. The molecule has 1 heterocycles. The summed E-state index contributed by atoms with van der Waals surface area (Å²) in [6.07, 6.45) is 1.36. The summed E-state index contributed by atoms with van der Waals surface area (Å²) < 4.78 is 30.1. The maximum Gasteiger partial charge on any atom is 0.261 e. The summed E-state index contributed by atoms with van der Waals surface area (Å²) in [5.74, 6) is -0.426. The van der Waals surface area contributed by atoms with E-state index >= 15 is 0 Å². The van der Waals surface area contributed by atoms with Gasteiger partial charge in [-0.2, -0.15) is 0 Å². The third-order valence-electron chi connectivity index (χ3n) is 2.89. The summed E-state index contributed by atoms with van der Waals surface area (Å²) in [6, 6.07) is 9.03. The van der Waals surface area contributed by atoms with Crippen LogP contribution in [0.2, 0.25) is 0 Å². The molecule has 1 aromatic rings. The van der Waals surface area contributed by atoms with Gasteiger partial charge in [0, 0.05) is 20.0 Å². The number of carbonyl (C=O) groups excluding carboxylic acids is 1. The maximum atomic E-state index is 12.1. The second kappa shape index (κ2) is 5.54. The molecule has 0 bridgehead atoms. The smallest absolute Gasteiger partial charge is 0.261 e. The van der Waals surface area contributed by atoms with Crippen LogP contribution in [0.1, 0.15) is 18.4 Å². The maximum absolute atomic E-state index is 12.1. The van der Waals surface area contributed by atoms with Gasteiger partial charge in [0.25, 0.3) is 10.0 Å². The van der Waals surface area contributed by atoms with Crippen molar-refractivity contribution in [2.45, 2.75) is 19.1 Å². The number of rotatable bonds is 4. The van der Waals surface area contributed by atoms with Crippen LogP contribution in [0, 0.1) is 0 Å². The highest BCUT2D eigenvalue weighted by Gasteiger charge is 2.38. The van der Waals surface area contributed by atoms with Crippen LogP contribution >= 0.6 is 0 Å². The van der Waals surface area contributed by atoms with Gasteiger partial charge in [0.2, 0.25) is 5.91 Å². The Balaban J connectivity index is 2.23. The van der Waals surface area contributed by atoms with Gasteiger partial charge < -0.3 is 4.74 Å². The normalized spacial score (nSPS) is 20.4. The minimum Gasteiger partial charge on any atom is -0.360 e. The summed E-state index contributed by atoms with van der Waals surface area (Å²) in [6.45, 7) is 0. The van der Waals surface area contributed by atoms with E-state index in [2.05, 4.69) is 0 Å². The van der Waals surface area contributed by atoms with Crippen molar-refractivity contribution in [3.05, 3.63) is 41.3 Å². The molecule has 1 aliphatic heterocycles. The molecule has 19 heavy (non-hydrogen) atoms. The van der Waals surface area contributed by atoms with Crippen molar-refractivity contribution >= 4 is 22.0 Å². The molecule has 1 aromatic carbocycles. The van der Waals surface area contributed by atoms with Gasteiger partial charge in [-0.3, -0.25) is 4.79 Å². The number of hydrogen-bond acceptors (Lipinski definition) is 4. The fourth-order valence-electron chi connectivity index (χ4n) is 1.95. The Labute approximate surface area is 112 Å². The molecule has 102 valence electrons. The fourth-order valence-corrected chi connectivity index (χ4v) is 3.30. The van der Waals surface area contributed by atoms with Gasteiger partial charge in [-0.25, -0.2) is 12.7 Å². The van der Waals surface area contributed by atoms with E-state index in [-0.39, 0.29) is 6.42 Å². The summed E-state index contributed by atoms with van der Waals surface area (Å²) in [5, 5.41) is 1.04. The Bertz CT molecular complexity index is 580. The van der Waals surface area contributed by atoms with Crippen molar-refractivity contribution in [1.82, 2.24) is 4.31 Å². The zero-order chi connectivity index (χ0) is 13.9. The van der Waals surface area contributed by atoms with E-state index in [0.717, 1.165) is 15.3 Å². The number of nitrogens with zero attached hydrogens (tertiary/aromatic N) is 1. The average molecular weight is 281 g/mol. The molecule has 6 heteroatoms. The highest BCUT2D eigenvalue weighted by molar-refractivity contribution is 7.92. The van der Waals surface area contributed by atoms with E-state index in [1.54, 1.807) is 12.1 Å². The lowest BCUT2D eigenvalue weighted by Crippen LogP contribution is -2.38. The minimum atomic E-state index is -3.79. The topological polar surface area (TPSA) is 63.7 Å². The summed E-state index contributed by atoms with van der Waals surface area (Å²) in [7, 11) is -2.39. The van der Waals surface area contributed by atoms with Crippen molar-refractivity contribution in [2.75, 3.05) is 7.11 Å². The molecular formula is C13H15NO4S. The quantitative estimate of drug-likeness (QED) is 0.840. The highest BCUT2D eigenvalue weighted by Crippen LogP contribution is 2.24. The predicted molar refractivity (Wildman–Crippen MR) is 71.3 cm³/mol. The molecule has 1 saturated heterocycles. The average Bonchev–Trinajstić information content (AvgIpc) is 2.80. The van der Waals surface area contributed by atoms with Crippen LogP contribution in [0.5, 0.6) is 0 Å². The molecule has 0 aromatic heterocycles. The molecule has 1 fully saturated rings. The van der Waals surface area contributed by atoms with Crippen LogP contribution in [0.3, 0.4) is 0 Å². The van der Waals surface area contributed by atoms with E-state index < -0.39 is 22.2 Å². The van der Waals surface area contributed by atoms with Gasteiger partial charge in [0.1, 0.15) is 6.23 Å². The van der Waals surface area contributed by atoms with E-state index in [1.807, 2.05) is 18.2 Å². The Morgan fingerprint density at radius 1 is 1.32 bits per heavy atom. The van der Waals surface area contributed by atoms with Crippen LogP contribution < -0.4 is 0 Å². The van der Waals surface area contributed by atoms with Gasteiger partial charge in [-0.05, 0) is 11.6 Å². The monoisotopic (exact) mass is 281 g/mol. The van der Waals surface area contributed by atoms with Crippen LogP contribution in [0.25, 0.3) is 6.08 Å². The molecule has 0 saturated carbocycles. The van der Waals surface area contributed by atoms with E-state index in [9.17, 15) is 13.2 Å². The number of hydrogen-bond donors (Lipinski definition) is 0. The molecule has 1 amide bonds. The number of amides is 1. The lowest BCUT2D eigenvalue weighted by molar-refractivity contribution is -0.127. The largest absolute Gasteiger partial charge is 0.360 e. The van der Waals surface area contributed by atoms with Crippen LogP contribution in [0.4, 0.5) is 0 Å². The second-order valence-corrected chi connectivity index (χ2v) is 5.87. The van der Waals surface area contributed by atoms with Gasteiger partial charge in [-0.1, -0.05) is 30.3 Å². The summed E-state index contributed by atoms with van der Waals surface area (Å²) in [5.41, 5.74) is 0.756. The fraction of sp³-hybridized carbons (Fsp3) is 0.308. The molecule has 1 atom stereocenters. The number of carbonyl (C=O) groups is 1. The molecular weight excluding hydrogens is 266 g/mol. The van der Waals surface area contributed by atoms with Crippen molar-refractivity contribution in [3.63, 3.8) is 0 Å². The Kier molecular flexibility index (Phi) is 4.01. The van der Waals surface area contributed by atoms with E-state index in [1.165, 1.54) is 13.2 Å². The molecule has 0 spiro atoms. The first-order valence-corrected chi connectivity index (χ1v) is 7.38. The van der Waals surface area contributed by atoms with Gasteiger partial charge >= 0.3 is 0 Å². The van der Waals surface area contributed by atoms with E-state index in [0.29, 0.717) is 6.42 Å². The Morgan fingerprint density at radius 2 is 2.00 bits per heavy atom. The first-order valence-electron chi connectivity index (χ1n) is 5.88. The number of ether oxygens (including phenoxy) is 1. The zero-order valence-electron chi connectivity index (χ0n) is 10.5. The van der Waals surface area contributed by atoms with Crippen LogP contribution in [-0.2, 0) is 19.6 Å². The van der Waals surface area contributed by atoms with Gasteiger partial charge in [-0.15, -0.1) is 0 Å². The van der Waals surface area contributed by atoms with Crippen molar-refractivity contribution < 1.29 is 17.9 Å². The number of methoxy groups -OCH3 is 1. The van der Waals surface area contributed by atoms with Crippen molar-refractivity contribution in [3.8, 4) is 0 Å². The third-order valence-corrected chi connectivity index (χ3v) is 4.36. The number of sulfonamides is 1. The first-order chi connectivity index (χ1) is 9.04. The molecule has 1 aliphatic rings. The van der Waals surface area contributed by atoms with Crippen LogP contribution in [-0.4, -0.2) is 32.0 Å². The molecule has 0 radical (unpaired) electrons. The summed E-state index contributed by atoms with van der Waals surface area (Å²) >= 11 is 0. The number of benzene rings is 1. The van der Waals surface area contributed by atoms with Crippen molar-refractivity contribution in [1.29, 1.82) is 0 Å². The second-order valence-electron chi connectivity index (χ2n) is 4.18. The first kappa shape index (κ1) is 13.8. The minimum absolute atomic E-state index is 0.191. The molecule has 2 rings (SSSR count). The lowest BCUT2D eigenvalue weighted by atomic mass is 10.2. The highest BCUT2D eigenvalue weighted by atomic mass is 32.2. The molecule has 1 unspecified atom stereocenters. The summed E-state index contributed by atoms with van der Waals surface area (Å²) in [4.78, 5) is 11.6. The van der Waals surface area contributed by atoms with Crippen molar-refractivity contribution in [2.24, 2.45) is 0 Å². The SMILES string of the molecule is COC1CCC(=O)N1S(=O)(=O)C=Cc1ccccc1. The van der Waals surface area contributed by atoms with Crippen LogP contribution in [0.15, 0.2) is 35.7 Å². The zero-order valence-corrected chi connectivity index (χ0v) is 11.3. The van der Waals surface area contributed by atoms with Gasteiger partial charge in [0.05, 0.1) is 5.41 Å². The Hall–Kier alpha value is -1.66. The molecule has 0 aliphatic carbocycles. The predicted octanol–water partition coefficient (Wildman–Crippen LogP) is 1.58. The lowest BCUT2D eigenvalue weighted by Gasteiger charge is -2.20.